The van der Waals surface area contributed by atoms with Crippen LogP contribution in [-0.2, 0) is 0 Å². The van der Waals surface area contributed by atoms with Crippen LogP contribution in [0.15, 0.2) is 18.2 Å². The van der Waals surface area contributed by atoms with Gasteiger partial charge >= 0.3 is 0 Å². The number of rotatable bonds is 3. The van der Waals surface area contributed by atoms with E-state index in [0.29, 0.717) is 0 Å². The van der Waals surface area contributed by atoms with Crippen molar-refractivity contribution in [2.24, 2.45) is 11.1 Å². The fourth-order valence-corrected chi connectivity index (χ4v) is 1.49. The van der Waals surface area contributed by atoms with Gasteiger partial charge in [0, 0.05) is 17.5 Å². The van der Waals surface area contributed by atoms with Crippen LogP contribution in [0.3, 0.4) is 0 Å². The molecule has 0 amide bonds. The normalized spacial score (nSPS) is 13.5. The van der Waals surface area contributed by atoms with Gasteiger partial charge in [-0.25, -0.2) is 4.39 Å². The molecule has 17 heavy (non-hydrogen) atoms. The molecular weight excluding hydrogens is 241 g/mol. The average molecular weight is 258 g/mol. The molecule has 0 saturated heterocycles. The van der Waals surface area contributed by atoms with Crippen molar-refractivity contribution in [2.45, 2.75) is 33.2 Å². The first-order chi connectivity index (χ1) is 7.71. The van der Waals surface area contributed by atoms with Gasteiger partial charge in [0.25, 0.3) is 0 Å². The lowest BCUT2D eigenvalue weighted by Crippen LogP contribution is -2.37. The molecule has 0 heterocycles. The van der Waals surface area contributed by atoms with Crippen molar-refractivity contribution in [1.29, 1.82) is 0 Å². The average Bonchev–Trinajstić information content (AvgIpc) is 2.15. The van der Waals surface area contributed by atoms with Crippen molar-refractivity contribution < 1.29 is 9.18 Å². The van der Waals surface area contributed by atoms with E-state index in [-0.39, 0.29) is 34.2 Å². The number of carbonyl (C=O) groups excluding carboxylic acids is 1. The van der Waals surface area contributed by atoms with E-state index in [1.807, 2.05) is 20.8 Å². The van der Waals surface area contributed by atoms with Gasteiger partial charge in [0.05, 0.1) is 5.56 Å². The second kappa shape index (κ2) is 5.15. The molecule has 0 saturated carbocycles. The summed E-state index contributed by atoms with van der Waals surface area (Å²) in [5.41, 5.74) is 5.77. The zero-order chi connectivity index (χ0) is 13.2. The molecule has 1 aromatic rings. The summed E-state index contributed by atoms with van der Waals surface area (Å²) in [6, 6.07) is 3.73. The molecule has 1 rings (SSSR count). The Kier molecular flexibility index (Phi) is 4.28. The third kappa shape index (κ3) is 3.79. The van der Waals surface area contributed by atoms with Crippen molar-refractivity contribution in [3.63, 3.8) is 0 Å². The van der Waals surface area contributed by atoms with E-state index in [0.717, 1.165) is 6.07 Å². The molecule has 0 fully saturated rings. The first-order valence-corrected chi connectivity index (χ1v) is 5.83. The minimum absolute atomic E-state index is 0.0501. The Morgan fingerprint density at radius 3 is 2.53 bits per heavy atom. The zero-order valence-corrected chi connectivity index (χ0v) is 11.0. The number of carbonyl (C=O) groups is 1. The maximum absolute atomic E-state index is 13.5. The highest BCUT2D eigenvalue weighted by molar-refractivity contribution is 6.30. The second-order valence-corrected chi connectivity index (χ2v) is 5.66. The van der Waals surface area contributed by atoms with Gasteiger partial charge < -0.3 is 5.73 Å². The van der Waals surface area contributed by atoms with Crippen molar-refractivity contribution >= 4 is 17.4 Å². The highest BCUT2D eigenvalue weighted by Gasteiger charge is 2.24. The minimum atomic E-state index is -0.594. The van der Waals surface area contributed by atoms with Gasteiger partial charge in [-0.05, 0) is 23.6 Å². The summed E-state index contributed by atoms with van der Waals surface area (Å²) in [6.07, 6.45) is 0.127. The standard InChI is InChI=1S/C13H17ClFNO/c1-13(2,3)12(16)7-11(17)9-5-4-8(14)6-10(9)15/h4-6,12H,7,16H2,1-3H3. The summed E-state index contributed by atoms with van der Waals surface area (Å²) in [4.78, 5) is 11.9. The van der Waals surface area contributed by atoms with E-state index in [1.165, 1.54) is 12.1 Å². The Labute approximate surface area is 106 Å². The van der Waals surface area contributed by atoms with E-state index in [2.05, 4.69) is 0 Å². The summed E-state index contributed by atoms with van der Waals surface area (Å²) in [6.45, 7) is 5.84. The molecular formula is C13H17ClFNO. The van der Waals surface area contributed by atoms with Crippen LogP contribution in [0.25, 0.3) is 0 Å². The van der Waals surface area contributed by atoms with Crippen molar-refractivity contribution in [3.05, 3.63) is 34.6 Å². The number of benzene rings is 1. The van der Waals surface area contributed by atoms with Crippen molar-refractivity contribution in [1.82, 2.24) is 0 Å². The molecule has 0 aliphatic rings. The van der Waals surface area contributed by atoms with E-state index in [1.54, 1.807) is 0 Å². The Bertz CT molecular complexity index is 426. The third-order valence-electron chi connectivity index (χ3n) is 2.75. The van der Waals surface area contributed by atoms with E-state index >= 15 is 0 Å². The van der Waals surface area contributed by atoms with Crippen LogP contribution in [0, 0.1) is 11.2 Å². The van der Waals surface area contributed by atoms with Crippen LogP contribution in [0.2, 0.25) is 5.02 Å². The fraction of sp³-hybridized carbons (Fsp3) is 0.462. The Morgan fingerprint density at radius 2 is 2.06 bits per heavy atom. The van der Waals surface area contributed by atoms with Crippen LogP contribution in [0.4, 0.5) is 4.39 Å². The molecule has 1 aromatic carbocycles. The lowest BCUT2D eigenvalue weighted by molar-refractivity contribution is 0.0949. The SMILES string of the molecule is CC(C)(C)C(N)CC(=O)c1ccc(Cl)cc1F. The van der Waals surface area contributed by atoms with Crippen LogP contribution >= 0.6 is 11.6 Å². The van der Waals surface area contributed by atoms with Crippen molar-refractivity contribution in [3.8, 4) is 0 Å². The number of Topliss-reactive ketones (excluding diaryl/α,β-unsaturated/α-hetero) is 1. The molecule has 94 valence electrons. The molecule has 0 aliphatic heterocycles. The van der Waals surface area contributed by atoms with Gasteiger partial charge in [-0.1, -0.05) is 32.4 Å². The van der Waals surface area contributed by atoms with Gasteiger partial charge in [-0.2, -0.15) is 0 Å². The fourth-order valence-electron chi connectivity index (χ4n) is 1.33. The van der Waals surface area contributed by atoms with Gasteiger partial charge in [0.15, 0.2) is 5.78 Å². The maximum Gasteiger partial charge on any atom is 0.167 e. The second-order valence-electron chi connectivity index (χ2n) is 5.22. The summed E-state index contributed by atoms with van der Waals surface area (Å²) in [7, 11) is 0. The molecule has 4 heteroatoms. The van der Waals surface area contributed by atoms with Gasteiger partial charge in [-0.15, -0.1) is 0 Å². The highest BCUT2D eigenvalue weighted by atomic mass is 35.5. The van der Waals surface area contributed by atoms with E-state index < -0.39 is 5.82 Å². The molecule has 2 nitrogen and oxygen atoms in total. The number of hydrogen-bond donors (Lipinski definition) is 1. The van der Waals surface area contributed by atoms with Crippen LogP contribution < -0.4 is 5.73 Å². The van der Waals surface area contributed by atoms with Crippen LogP contribution in [0.1, 0.15) is 37.6 Å². The molecule has 1 atom stereocenters. The summed E-state index contributed by atoms with van der Waals surface area (Å²) in [5, 5.41) is 0.277. The maximum atomic E-state index is 13.5. The minimum Gasteiger partial charge on any atom is -0.327 e. The number of hydrogen-bond acceptors (Lipinski definition) is 2. The summed E-state index contributed by atoms with van der Waals surface area (Å²) >= 11 is 5.62. The molecule has 0 aromatic heterocycles. The highest BCUT2D eigenvalue weighted by Crippen LogP contribution is 2.23. The zero-order valence-electron chi connectivity index (χ0n) is 10.3. The topological polar surface area (TPSA) is 43.1 Å². The van der Waals surface area contributed by atoms with E-state index in [4.69, 9.17) is 17.3 Å². The first-order valence-electron chi connectivity index (χ1n) is 5.45. The first kappa shape index (κ1) is 14.1. The molecule has 0 bridgehead atoms. The number of halogens is 2. The Morgan fingerprint density at radius 1 is 1.47 bits per heavy atom. The van der Waals surface area contributed by atoms with Gasteiger partial charge in [0.1, 0.15) is 5.82 Å². The Hall–Kier alpha value is -0.930. The third-order valence-corrected chi connectivity index (χ3v) is 2.98. The summed E-state index contributed by atoms with van der Waals surface area (Å²) < 4.78 is 13.5. The molecule has 0 aliphatic carbocycles. The number of ketones is 1. The Balaban J connectivity index is 2.84. The largest absolute Gasteiger partial charge is 0.327 e. The smallest absolute Gasteiger partial charge is 0.167 e. The predicted octanol–water partition coefficient (Wildman–Crippen LogP) is 3.43. The summed E-state index contributed by atoms with van der Waals surface area (Å²) in [5.74, 6) is -0.884. The van der Waals surface area contributed by atoms with Gasteiger partial charge in [0.2, 0.25) is 0 Å². The van der Waals surface area contributed by atoms with Gasteiger partial charge in [-0.3, -0.25) is 4.79 Å². The lowest BCUT2D eigenvalue weighted by atomic mass is 9.83. The lowest BCUT2D eigenvalue weighted by Gasteiger charge is -2.26. The molecule has 1 unspecified atom stereocenters. The van der Waals surface area contributed by atoms with Crippen LogP contribution in [-0.4, -0.2) is 11.8 Å². The number of nitrogens with two attached hydrogens (primary N) is 1. The molecule has 0 spiro atoms. The quantitative estimate of drug-likeness (QED) is 0.843. The molecule has 2 N–H and O–H groups in total. The van der Waals surface area contributed by atoms with E-state index in [9.17, 15) is 9.18 Å². The monoisotopic (exact) mass is 257 g/mol. The predicted molar refractivity (Wildman–Crippen MR) is 67.8 cm³/mol. The molecule has 0 radical (unpaired) electrons. The van der Waals surface area contributed by atoms with Crippen LogP contribution in [0.5, 0.6) is 0 Å². The van der Waals surface area contributed by atoms with Crippen molar-refractivity contribution in [2.75, 3.05) is 0 Å².